The molecular formula is C17H21N5O4. The van der Waals surface area contributed by atoms with Gasteiger partial charge in [0.05, 0.1) is 38.6 Å². The summed E-state index contributed by atoms with van der Waals surface area (Å²) in [5.41, 5.74) is 1.86. The highest BCUT2D eigenvalue weighted by Gasteiger charge is 2.31. The van der Waals surface area contributed by atoms with E-state index in [2.05, 4.69) is 15.6 Å². The molecule has 2 aromatic rings. The van der Waals surface area contributed by atoms with Crippen molar-refractivity contribution in [3.63, 3.8) is 0 Å². The maximum Gasteiger partial charge on any atom is 0.255 e. The molecule has 9 heteroatoms. The third-order valence-electron chi connectivity index (χ3n) is 4.43. The first-order valence-corrected chi connectivity index (χ1v) is 8.14. The zero-order chi connectivity index (χ0) is 18.8. The van der Waals surface area contributed by atoms with Crippen molar-refractivity contribution in [3.8, 4) is 11.5 Å². The van der Waals surface area contributed by atoms with Crippen molar-refractivity contribution in [1.82, 2.24) is 25.2 Å². The van der Waals surface area contributed by atoms with E-state index >= 15 is 0 Å². The number of carbonyl (C=O) groups is 2. The Balaban J connectivity index is 1.76. The second kappa shape index (κ2) is 7.03. The lowest BCUT2D eigenvalue weighted by atomic mass is 10.1. The summed E-state index contributed by atoms with van der Waals surface area (Å²) in [7, 11) is 4.78. The number of likely N-dealkylation sites (N-methyl/N-ethyl adjacent to an activating group) is 1. The Bertz CT molecular complexity index is 848. The number of nitrogens with zero attached hydrogens (tertiary/aromatic N) is 4. The number of aromatic nitrogens is 3. The number of benzene rings is 1. The van der Waals surface area contributed by atoms with Crippen molar-refractivity contribution >= 4 is 11.8 Å². The van der Waals surface area contributed by atoms with Crippen LogP contribution in [-0.2, 0) is 17.9 Å². The molecule has 1 aliphatic rings. The molecule has 1 N–H and O–H groups in total. The standard InChI is InChI=1S/C17H21N5O4/c1-10-17(24)21(2)9-14-13(19-20-22(10)14)8-18-16(23)12-6-5-11(25-3)7-15(12)26-4/h5-7,10H,8-9H2,1-4H3,(H,18,23). The molecule has 0 saturated heterocycles. The predicted octanol–water partition coefficient (Wildman–Crippen LogP) is 0.758. The van der Waals surface area contributed by atoms with Crippen LogP contribution in [0.2, 0.25) is 0 Å². The maximum atomic E-state index is 12.5. The fraction of sp³-hybridized carbons (Fsp3) is 0.412. The van der Waals surface area contributed by atoms with Gasteiger partial charge < -0.3 is 19.7 Å². The Morgan fingerprint density at radius 2 is 2.12 bits per heavy atom. The van der Waals surface area contributed by atoms with E-state index in [1.807, 2.05) is 0 Å². The van der Waals surface area contributed by atoms with Crippen LogP contribution in [0.4, 0.5) is 0 Å². The van der Waals surface area contributed by atoms with Gasteiger partial charge in [0.2, 0.25) is 5.91 Å². The summed E-state index contributed by atoms with van der Waals surface area (Å²) in [6, 6.07) is 4.58. The summed E-state index contributed by atoms with van der Waals surface area (Å²) in [6.07, 6.45) is 0. The van der Waals surface area contributed by atoms with Crippen LogP contribution in [0.1, 0.15) is 34.7 Å². The minimum absolute atomic E-state index is 0.0130. The number of rotatable bonds is 5. The highest BCUT2D eigenvalue weighted by atomic mass is 16.5. The van der Waals surface area contributed by atoms with Crippen molar-refractivity contribution in [2.24, 2.45) is 0 Å². The molecule has 2 heterocycles. The lowest BCUT2D eigenvalue weighted by Crippen LogP contribution is -2.39. The van der Waals surface area contributed by atoms with Crippen molar-refractivity contribution < 1.29 is 19.1 Å². The van der Waals surface area contributed by atoms with Crippen LogP contribution in [0.15, 0.2) is 18.2 Å². The molecule has 1 aliphatic heterocycles. The van der Waals surface area contributed by atoms with E-state index in [1.165, 1.54) is 7.11 Å². The largest absolute Gasteiger partial charge is 0.497 e. The van der Waals surface area contributed by atoms with Gasteiger partial charge in [-0.1, -0.05) is 5.21 Å². The summed E-state index contributed by atoms with van der Waals surface area (Å²) in [4.78, 5) is 26.2. The van der Waals surface area contributed by atoms with Gasteiger partial charge in [-0.25, -0.2) is 4.68 Å². The van der Waals surface area contributed by atoms with Crippen LogP contribution in [0, 0.1) is 0 Å². The topological polar surface area (TPSA) is 98.6 Å². The molecule has 3 rings (SSSR count). The van der Waals surface area contributed by atoms with E-state index in [9.17, 15) is 9.59 Å². The molecule has 0 fully saturated rings. The number of ether oxygens (including phenoxy) is 2. The summed E-state index contributed by atoms with van der Waals surface area (Å²) in [5, 5.41) is 11.0. The molecule has 2 amide bonds. The third kappa shape index (κ3) is 3.07. The van der Waals surface area contributed by atoms with Crippen LogP contribution >= 0.6 is 0 Å². The SMILES string of the molecule is COc1ccc(C(=O)NCc2nnn3c2CN(C)C(=O)C3C)c(OC)c1. The van der Waals surface area contributed by atoms with E-state index in [0.717, 1.165) is 5.69 Å². The van der Waals surface area contributed by atoms with Gasteiger partial charge in [-0.15, -0.1) is 5.10 Å². The van der Waals surface area contributed by atoms with Gasteiger partial charge in [0.15, 0.2) is 0 Å². The second-order valence-electron chi connectivity index (χ2n) is 6.05. The number of hydrogen-bond donors (Lipinski definition) is 1. The lowest BCUT2D eigenvalue weighted by molar-refractivity contribution is -0.135. The molecule has 0 spiro atoms. The molecule has 1 aromatic heterocycles. The molecule has 1 unspecified atom stereocenters. The minimum Gasteiger partial charge on any atom is -0.497 e. The van der Waals surface area contributed by atoms with E-state index < -0.39 is 6.04 Å². The van der Waals surface area contributed by atoms with Crippen LogP contribution in [0.3, 0.4) is 0 Å². The second-order valence-corrected chi connectivity index (χ2v) is 6.05. The van der Waals surface area contributed by atoms with Crippen molar-refractivity contribution in [2.75, 3.05) is 21.3 Å². The molecule has 1 atom stereocenters. The Labute approximate surface area is 150 Å². The van der Waals surface area contributed by atoms with Gasteiger partial charge >= 0.3 is 0 Å². The number of hydrogen-bond acceptors (Lipinski definition) is 6. The number of nitrogens with one attached hydrogen (secondary N) is 1. The quantitative estimate of drug-likeness (QED) is 0.846. The third-order valence-corrected chi connectivity index (χ3v) is 4.43. The molecule has 9 nitrogen and oxygen atoms in total. The van der Waals surface area contributed by atoms with Crippen LogP contribution in [-0.4, -0.2) is 53.0 Å². The zero-order valence-corrected chi connectivity index (χ0v) is 15.1. The molecule has 0 aliphatic carbocycles. The van der Waals surface area contributed by atoms with E-state index in [0.29, 0.717) is 29.3 Å². The normalized spacial score (nSPS) is 16.2. The molecular weight excluding hydrogens is 338 g/mol. The monoisotopic (exact) mass is 359 g/mol. The first kappa shape index (κ1) is 17.7. The Morgan fingerprint density at radius 3 is 2.81 bits per heavy atom. The highest BCUT2D eigenvalue weighted by molar-refractivity contribution is 5.97. The van der Waals surface area contributed by atoms with Crippen LogP contribution in [0.5, 0.6) is 11.5 Å². The Hall–Kier alpha value is -3.10. The Kier molecular flexibility index (Phi) is 4.79. The van der Waals surface area contributed by atoms with Crippen LogP contribution in [0.25, 0.3) is 0 Å². The number of amides is 2. The smallest absolute Gasteiger partial charge is 0.255 e. The van der Waals surface area contributed by atoms with E-state index in [4.69, 9.17) is 9.47 Å². The number of methoxy groups -OCH3 is 2. The van der Waals surface area contributed by atoms with Crippen molar-refractivity contribution in [2.45, 2.75) is 26.1 Å². The summed E-state index contributed by atoms with van der Waals surface area (Å²) < 4.78 is 12.0. The number of carbonyl (C=O) groups excluding carboxylic acids is 2. The molecule has 138 valence electrons. The first-order chi connectivity index (χ1) is 12.5. The first-order valence-electron chi connectivity index (χ1n) is 8.14. The zero-order valence-electron chi connectivity index (χ0n) is 15.1. The predicted molar refractivity (Wildman–Crippen MR) is 91.9 cm³/mol. The summed E-state index contributed by atoms with van der Waals surface area (Å²) in [5.74, 6) is 0.721. The summed E-state index contributed by atoms with van der Waals surface area (Å²) >= 11 is 0. The van der Waals surface area contributed by atoms with E-state index in [-0.39, 0.29) is 18.4 Å². The average Bonchev–Trinajstić information content (AvgIpc) is 3.06. The van der Waals surface area contributed by atoms with E-state index in [1.54, 1.807) is 48.9 Å². The fourth-order valence-electron chi connectivity index (χ4n) is 2.93. The van der Waals surface area contributed by atoms with Crippen molar-refractivity contribution in [1.29, 1.82) is 0 Å². The Morgan fingerprint density at radius 1 is 1.35 bits per heavy atom. The highest BCUT2D eigenvalue weighted by Crippen LogP contribution is 2.25. The number of fused-ring (bicyclic) bond motifs is 1. The molecule has 0 radical (unpaired) electrons. The van der Waals surface area contributed by atoms with Gasteiger partial charge in [-0.05, 0) is 19.1 Å². The molecule has 0 saturated carbocycles. The van der Waals surface area contributed by atoms with Gasteiger partial charge in [0, 0.05) is 13.1 Å². The maximum absolute atomic E-state index is 12.5. The van der Waals surface area contributed by atoms with Gasteiger partial charge in [-0.2, -0.15) is 0 Å². The minimum atomic E-state index is -0.401. The molecule has 1 aromatic carbocycles. The lowest BCUT2D eigenvalue weighted by Gasteiger charge is -2.28. The van der Waals surface area contributed by atoms with Crippen LogP contribution < -0.4 is 14.8 Å². The molecule has 26 heavy (non-hydrogen) atoms. The fourth-order valence-corrected chi connectivity index (χ4v) is 2.93. The van der Waals surface area contributed by atoms with Crippen molar-refractivity contribution in [3.05, 3.63) is 35.2 Å². The molecule has 0 bridgehead atoms. The summed E-state index contributed by atoms with van der Waals surface area (Å²) in [6.45, 7) is 2.39. The van der Waals surface area contributed by atoms with Gasteiger partial charge in [-0.3, -0.25) is 9.59 Å². The van der Waals surface area contributed by atoms with Gasteiger partial charge in [0.25, 0.3) is 5.91 Å². The average molecular weight is 359 g/mol. The van der Waals surface area contributed by atoms with Gasteiger partial charge in [0.1, 0.15) is 23.2 Å².